The van der Waals surface area contributed by atoms with Crippen LogP contribution in [0, 0.1) is 0 Å². The molecule has 0 spiro atoms. The molecule has 3 N–H and O–H groups in total. The molecule has 0 saturated heterocycles. The maximum atomic E-state index is 6.34. The number of hydrogen-bond acceptors (Lipinski definition) is 5. The number of hydrogen-bond donors (Lipinski definition) is 2. The first-order chi connectivity index (χ1) is 10.6. The zero-order valence-electron chi connectivity index (χ0n) is 12.0. The van der Waals surface area contributed by atoms with Crippen LogP contribution in [0.25, 0.3) is 22.3 Å². The highest BCUT2D eigenvalue weighted by Crippen LogP contribution is 2.35. The molecule has 1 saturated carbocycles. The van der Waals surface area contributed by atoms with Crippen molar-refractivity contribution < 1.29 is 0 Å². The van der Waals surface area contributed by atoms with Crippen molar-refractivity contribution in [3.05, 3.63) is 29.3 Å². The minimum atomic E-state index is 0.456. The highest BCUT2D eigenvalue weighted by atomic mass is 35.5. The van der Waals surface area contributed by atoms with E-state index in [-0.39, 0.29) is 0 Å². The number of benzene rings is 1. The maximum absolute atomic E-state index is 6.34. The third-order valence-electron chi connectivity index (χ3n) is 3.78. The van der Waals surface area contributed by atoms with Gasteiger partial charge in [-0.15, -0.1) is 0 Å². The van der Waals surface area contributed by atoms with E-state index in [0.29, 0.717) is 34.2 Å². The van der Waals surface area contributed by atoms with Crippen LogP contribution in [0.4, 0.5) is 11.8 Å². The number of nitrogen functional groups attached to an aromatic ring is 1. The van der Waals surface area contributed by atoms with Gasteiger partial charge in [-0.1, -0.05) is 29.8 Å². The molecule has 1 aromatic carbocycles. The van der Waals surface area contributed by atoms with Crippen molar-refractivity contribution in [3.8, 4) is 11.3 Å². The first-order valence-electron chi connectivity index (χ1n) is 7.15. The molecule has 3 aromatic rings. The lowest BCUT2D eigenvalue weighted by atomic mass is 10.1. The number of nitrogens with one attached hydrogen (secondary N) is 1. The largest absolute Gasteiger partial charge is 0.383 e. The Morgan fingerprint density at radius 1 is 1.27 bits per heavy atom. The van der Waals surface area contributed by atoms with Crippen molar-refractivity contribution in [2.75, 3.05) is 11.1 Å². The van der Waals surface area contributed by atoms with Gasteiger partial charge in [-0.05, 0) is 18.9 Å². The molecular formula is C15H15ClN6. The van der Waals surface area contributed by atoms with E-state index in [4.69, 9.17) is 17.3 Å². The molecule has 0 atom stereocenters. The van der Waals surface area contributed by atoms with Gasteiger partial charge in [0.15, 0.2) is 5.65 Å². The minimum Gasteiger partial charge on any atom is -0.383 e. The summed E-state index contributed by atoms with van der Waals surface area (Å²) in [6.45, 7) is 0. The predicted molar refractivity (Wildman–Crippen MR) is 87.8 cm³/mol. The second-order valence-corrected chi connectivity index (χ2v) is 5.91. The molecular weight excluding hydrogens is 300 g/mol. The second kappa shape index (κ2) is 4.84. The average molecular weight is 315 g/mol. The first kappa shape index (κ1) is 13.3. The number of aryl methyl sites for hydroxylation is 1. The third-order valence-corrected chi connectivity index (χ3v) is 4.11. The van der Waals surface area contributed by atoms with Gasteiger partial charge in [0.2, 0.25) is 5.95 Å². The molecule has 6 nitrogen and oxygen atoms in total. The van der Waals surface area contributed by atoms with Gasteiger partial charge >= 0.3 is 0 Å². The summed E-state index contributed by atoms with van der Waals surface area (Å²) in [5.41, 5.74) is 8.27. The Bertz CT molecular complexity index is 868. The highest BCUT2D eigenvalue weighted by molar-refractivity contribution is 6.33. The monoisotopic (exact) mass is 314 g/mol. The predicted octanol–water partition coefficient (Wildman–Crippen LogP) is 2.84. The van der Waals surface area contributed by atoms with Gasteiger partial charge in [-0.2, -0.15) is 10.1 Å². The quantitative estimate of drug-likeness (QED) is 0.777. The molecule has 2 aromatic heterocycles. The van der Waals surface area contributed by atoms with Gasteiger partial charge in [0.05, 0.1) is 11.1 Å². The van der Waals surface area contributed by atoms with Crippen LogP contribution in [-0.4, -0.2) is 25.8 Å². The lowest BCUT2D eigenvalue weighted by Gasteiger charge is -2.08. The molecule has 4 rings (SSSR count). The molecule has 0 unspecified atom stereocenters. The van der Waals surface area contributed by atoms with Gasteiger partial charge < -0.3 is 11.1 Å². The number of anilines is 2. The van der Waals surface area contributed by atoms with E-state index in [9.17, 15) is 0 Å². The van der Waals surface area contributed by atoms with Gasteiger partial charge in [-0.25, -0.2) is 4.98 Å². The number of fused-ring (bicyclic) bond motifs is 1. The second-order valence-electron chi connectivity index (χ2n) is 5.50. The lowest BCUT2D eigenvalue weighted by molar-refractivity contribution is 0.787. The van der Waals surface area contributed by atoms with E-state index < -0.39 is 0 Å². The average Bonchev–Trinajstić information content (AvgIpc) is 3.25. The van der Waals surface area contributed by atoms with Gasteiger partial charge in [-0.3, -0.25) is 4.68 Å². The van der Waals surface area contributed by atoms with Crippen LogP contribution in [0.3, 0.4) is 0 Å². The van der Waals surface area contributed by atoms with Crippen LogP contribution in [0.5, 0.6) is 0 Å². The van der Waals surface area contributed by atoms with Crippen molar-refractivity contribution in [3.63, 3.8) is 0 Å². The SMILES string of the molecule is Cn1nc2nc(NC3CC3)nc(-c3ccccc3Cl)c2c1N. The highest BCUT2D eigenvalue weighted by Gasteiger charge is 2.24. The van der Waals surface area contributed by atoms with Crippen LogP contribution in [0.15, 0.2) is 24.3 Å². The molecule has 0 aliphatic heterocycles. The molecule has 1 fully saturated rings. The Balaban J connectivity index is 1.99. The summed E-state index contributed by atoms with van der Waals surface area (Å²) < 4.78 is 1.61. The van der Waals surface area contributed by atoms with Crippen molar-refractivity contribution in [1.82, 2.24) is 19.7 Å². The van der Waals surface area contributed by atoms with Crippen molar-refractivity contribution in [2.45, 2.75) is 18.9 Å². The van der Waals surface area contributed by atoms with Crippen molar-refractivity contribution in [1.29, 1.82) is 0 Å². The lowest BCUT2D eigenvalue weighted by Crippen LogP contribution is -2.06. The van der Waals surface area contributed by atoms with Gasteiger partial charge in [0.25, 0.3) is 0 Å². The maximum Gasteiger partial charge on any atom is 0.225 e. The minimum absolute atomic E-state index is 0.456. The molecule has 112 valence electrons. The summed E-state index contributed by atoms with van der Waals surface area (Å²) in [7, 11) is 1.79. The molecule has 0 bridgehead atoms. The summed E-state index contributed by atoms with van der Waals surface area (Å²) in [5, 5.41) is 9.05. The summed E-state index contributed by atoms with van der Waals surface area (Å²) in [6.07, 6.45) is 2.29. The molecule has 1 aliphatic rings. The third kappa shape index (κ3) is 2.16. The molecule has 1 aliphatic carbocycles. The molecule has 2 heterocycles. The number of nitrogens with two attached hydrogens (primary N) is 1. The number of halogens is 1. The smallest absolute Gasteiger partial charge is 0.225 e. The van der Waals surface area contributed by atoms with E-state index in [0.717, 1.165) is 23.8 Å². The molecule has 0 amide bonds. The van der Waals surface area contributed by atoms with Crippen molar-refractivity contribution >= 4 is 34.4 Å². The first-order valence-corrected chi connectivity index (χ1v) is 7.53. The Hall–Kier alpha value is -2.34. The topological polar surface area (TPSA) is 81.7 Å². The van der Waals surface area contributed by atoms with Crippen LogP contribution in [0.1, 0.15) is 12.8 Å². The Morgan fingerprint density at radius 3 is 2.77 bits per heavy atom. The Kier molecular flexibility index (Phi) is 2.94. The van der Waals surface area contributed by atoms with Crippen molar-refractivity contribution in [2.24, 2.45) is 7.05 Å². The number of nitrogens with zero attached hydrogens (tertiary/aromatic N) is 4. The zero-order chi connectivity index (χ0) is 15.3. The fraction of sp³-hybridized carbons (Fsp3) is 0.267. The summed E-state index contributed by atoms with van der Waals surface area (Å²) in [6, 6.07) is 8.04. The van der Waals surface area contributed by atoms with E-state index in [1.807, 2.05) is 24.3 Å². The summed E-state index contributed by atoms with van der Waals surface area (Å²) in [4.78, 5) is 9.12. The molecule has 7 heteroatoms. The summed E-state index contributed by atoms with van der Waals surface area (Å²) >= 11 is 6.34. The van der Waals surface area contributed by atoms with Crippen LogP contribution in [0.2, 0.25) is 5.02 Å². The number of rotatable bonds is 3. The zero-order valence-corrected chi connectivity index (χ0v) is 12.8. The van der Waals surface area contributed by atoms with E-state index in [1.165, 1.54) is 0 Å². The molecule has 22 heavy (non-hydrogen) atoms. The van der Waals surface area contributed by atoms with E-state index in [1.54, 1.807) is 11.7 Å². The normalized spacial score (nSPS) is 14.5. The van der Waals surface area contributed by atoms with Crippen LogP contribution in [-0.2, 0) is 7.05 Å². The Morgan fingerprint density at radius 2 is 2.05 bits per heavy atom. The van der Waals surface area contributed by atoms with E-state index >= 15 is 0 Å². The van der Waals surface area contributed by atoms with Crippen LogP contribution < -0.4 is 11.1 Å². The fourth-order valence-corrected chi connectivity index (χ4v) is 2.66. The van der Waals surface area contributed by atoms with Gasteiger partial charge in [0, 0.05) is 23.7 Å². The summed E-state index contributed by atoms with van der Waals surface area (Å²) in [5.74, 6) is 1.10. The van der Waals surface area contributed by atoms with Gasteiger partial charge in [0.1, 0.15) is 5.82 Å². The number of aromatic nitrogens is 4. The standard InChI is InChI=1S/C15H15ClN6/c1-22-13(17)11-12(9-4-2-3-5-10(9)16)19-15(18-8-6-7-8)20-14(11)21-22/h2-5,8H,6-7,17H2,1H3,(H,18,20,21). The fourth-order valence-electron chi connectivity index (χ4n) is 2.44. The molecule has 0 radical (unpaired) electrons. The van der Waals surface area contributed by atoms with E-state index in [2.05, 4.69) is 20.4 Å². The Labute approximate surface area is 132 Å². The van der Waals surface area contributed by atoms with Crippen LogP contribution >= 0.6 is 11.6 Å².